The second-order valence-electron chi connectivity index (χ2n) is 9.37. The van der Waals surface area contributed by atoms with Crippen LogP contribution in [-0.2, 0) is 50.6 Å². The van der Waals surface area contributed by atoms with Crippen molar-refractivity contribution < 1.29 is 75.0 Å². The fourth-order valence-corrected chi connectivity index (χ4v) is 8.66. The zero-order valence-electron chi connectivity index (χ0n) is 23.0. The van der Waals surface area contributed by atoms with E-state index in [1.54, 1.807) is 12.3 Å². The number of thiophene rings is 1. The predicted octanol–water partition coefficient (Wildman–Crippen LogP) is 1.22. The van der Waals surface area contributed by atoms with Gasteiger partial charge in [-0.2, -0.15) is 8.62 Å². The molecule has 0 bridgehead atoms. The summed E-state index contributed by atoms with van der Waals surface area (Å²) >= 11 is 6.23. The molecule has 2 aliphatic rings. The predicted molar refractivity (Wildman–Crippen MR) is 153 cm³/mol. The number of H-pyrrole nitrogens is 1. The van der Waals surface area contributed by atoms with Crippen molar-refractivity contribution in [3.05, 3.63) is 26.8 Å². The van der Waals surface area contributed by atoms with Crippen molar-refractivity contribution >= 4 is 81.7 Å². The molecule has 0 saturated carbocycles. The molecule has 0 aromatic carbocycles. The molecular weight excluding hydrogens is 725 g/mol. The largest absolute Gasteiger partial charge is 0.490 e. The first-order valence-electron chi connectivity index (χ1n) is 12.3. The Labute approximate surface area is 265 Å². The van der Waals surface area contributed by atoms with Gasteiger partial charge in [0.25, 0.3) is 5.91 Å². The van der Waals surface area contributed by atoms with Crippen LogP contribution in [0.3, 0.4) is 0 Å². The number of carbonyl (C=O) groups is 2. The van der Waals surface area contributed by atoms with E-state index in [2.05, 4.69) is 28.9 Å². The molecular formula is C19H23N6O16P3S2. The average molecular weight is 748 g/mol. The number of phosphoric ester groups is 1. The second kappa shape index (κ2) is 12.8. The van der Waals surface area contributed by atoms with Crippen LogP contribution in [0.25, 0.3) is 11.2 Å². The van der Waals surface area contributed by atoms with Crippen molar-refractivity contribution in [2.45, 2.75) is 37.8 Å². The fraction of sp³-hybridized carbons (Fsp3) is 0.421. The second-order valence-corrected chi connectivity index (χ2v) is 15.1. The molecule has 7 atom stereocenters. The maximum Gasteiger partial charge on any atom is 0.490 e. The number of carbonyl (C=O) groups excluding carboxylic acids is 2. The van der Waals surface area contributed by atoms with Crippen LogP contribution < -0.4 is 11.1 Å². The van der Waals surface area contributed by atoms with Gasteiger partial charge in [-0.25, -0.2) is 28.5 Å². The molecule has 0 aliphatic carbocycles. The lowest BCUT2D eigenvalue weighted by atomic mass is 10.1. The highest BCUT2D eigenvalue weighted by molar-refractivity contribution is 7.71. The minimum absolute atomic E-state index is 0.0390. The van der Waals surface area contributed by atoms with Crippen molar-refractivity contribution in [1.82, 2.24) is 19.5 Å². The molecule has 5 rings (SSSR count). The molecule has 22 nitrogen and oxygen atoms in total. The Balaban J connectivity index is 1.40. The quantitative estimate of drug-likeness (QED) is 0.0823. The lowest BCUT2D eigenvalue weighted by molar-refractivity contribution is -0.166. The van der Waals surface area contributed by atoms with E-state index in [0.29, 0.717) is 5.56 Å². The molecule has 1 amide bonds. The first-order chi connectivity index (χ1) is 21.4. The fourth-order valence-electron chi connectivity index (χ4n) is 4.46. The number of fused-ring (bicyclic) bond motifs is 2. The zero-order valence-corrected chi connectivity index (χ0v) is 27.3. The molecule has 7 unspecified atom stereocenters. The molecule has 2 fully saturated rings. The van der Waals surface area contributed by atoms with E-state index in [1.807, 2.05) is 0 Å². The number of aryl methyl sites for hydroxylation is 1. The van der Waals surface area contributed by atoms with Crippen molar-refractivity contribution in [3.8, 4) is 0 Å². The van der Waals surface area contributed by atoms with E-state index in [9.17, 15) is 33.1 Å². The summed E-state index contributed by atoms with van der Waals surface area (Å²) in [5, 5.41) is 4.17. The Morgan fingerprint density at radius 3 is 2.52 bits per heavy atom. The summed E-state index contributed by atoms with van der Waals surface area (Å²) in [6, 6.07) is 0. The molecule has 5 heterocycles. The van der Waals surface area contributed by atoms with Crippen LogP contribution in [0.15, 0.2) is 11.7 Å². The number of phosphoric acid groups is 3. The summed E-state index contributed by atoms with van der Waals surface area (Å²) in [7, 11) is -15.8. The number of nitrogens with zero attached hydrogens (tertiary/aromatic N) is 3. The third kappa shape index (κ3) is 7.46. The summed E-state index contributed by atoms with van der Waals surface area (Å²) in [4.78, 5) is 73.3. The SMILES string of the molecule is COC(=O)c1scc(C)c1NC(=O)C1OC2C(COP(=O)(O)OP(=O)(O)OP(=O)(O)O)OC(n3cnc4c(=S)nc(N)[nH]c43)C2O1. The van der Waals surface area contributed by atoms with Crippen LogP contribution in [0.2, 0.25) is 0 Å². The maximum absolute atomic E-state index is 13.3. The van der Waals surface area contributed by atoms with Gasteiger partial charge in [-0.1, -0.05) is 12.2 Å². The number of nitrogens with two attached hydrogens (primary N) is 1. The number of methoxy groups -OCH3 is 1. The Morgan fingerprint density at radius 2 is 1.85 bits per heavy atom. The van der Waals surface area contributed by atoms with Crippen LogP contribution >= 0.6 is 47.0 Å². The zero-order chi connectivity index (χ0) is 33.8. The van der Waals surface area contributed by atoms with Crippen molar-refractivity contribution in [2.75, 3.05) is 24.8 Å². The van der Waals surface area contributed by atoms with Gasteiger partial charge in [0.2, 0.25) is 6.29 Å². The molecule has 3 aromatic heterocycles. The highest BCUT2D eigenvalue weighted by Crippen LogP contribution is 2.66. The van der Waals surface area contributed by atoms with E-state index in [0.717, 1.165) is 11.3 Å². The minimum Gasteiger partial charge on any atom is -0.465 e. The van der Waals surface area contributed by atoms with Gasteiger partial charge in [-0.15, -0.1) is 11.3 Å². The normalized spacial score (nSPS) is 25.6. The topological polar surface area (TPSA) is 315 Å². The van der Waals surface area contributed by atoms with Gasteiger partial charge in [0, 0.05) is 0 Å². The summed E-state index contributed by atoms with van der Waals surface area (Å²) in [6.07, 6.45) is -5.34. The number of hydrogen-bond donors (Lipinski definition) is 7. The Morgan fingerprint density at radius 1 is 1.15 bits per heavy atom. The van der Waals surface area contributed by atoms with Crippen LogP contribution in [0.5, 0.6) is 0 Å². The Kier molecular flexibility index (Phi) is 9.72. The third-order valence-corrected chi connectivity index (χ3v) is 11.4. The first-order valence-corrected chi connectivity index (χ1v) is 18.1. The summed E-state index contributed by atoms with van der Waals surface area (Å²) < 4.78 is 71.0. The van der Waals surface area contributed by atoms with Crippen molar-refractivity contribution in [1.29, 1.82) is 0 Å². The Bertz CT molecular complexity index is 1890. The smallest absolute Gasteiger partial charge is 0.465 e. The maximum atomic E-state index is 13.3. The number of nitrogens with one attached hydrogen (secondary N) is 2. The van der Waals surface area contributed by atoms with Gasteiger partial charge in [0.1, 0.15) is 34.4 Å². The number of anilines is 2. The van der Waals surface area contributed by atoms with E-state index in [1.165, 1.54) is 18.0 Å². The van der Waals surface area contributed by atoms with Crippen molar-refractivity contribution in [3.63, 3.8) is 0 Å². The number of amides is 1. The van der Waals surface area contributed by atoms with Crippen LogP contribution in [0.1, 0.15) is 21.5 Å². The lowest BCUT2D eigenvalue weighted by Gasteiger charge is -2.22. The van der Waals surface area contributed by atoms with Crippen molar-refractivity contribution in [2.24, 2.45) is 0 Å². The number of nitrogen functional groups attached to an aromatic ring is 1. The van der Waals surface area contributed by atoms with Crippen LogP contribution in [0, 0.1) is 11.6 Å². The third-order valence-electron chi connectivity index (χ3n) is 6.21. The van der Waals surface area contributed by atoms with Gasteiger partial charge in [-0.3, -0.25) is 13.9 Å². The molecule has 0 spiro atoms. The van der Waals surface area contributed by atoms with E-state index >= 15 is 0 Å². The molecule has 2 saturated heterocycles. The first kappa shape index (κ1) is 34.8. The monoisotopic (exact) mass is 748 g/mol. The van der Waals surface area contributed by atoms with Crippen LogP contribution in [-0.4, -0.2) is 89.3 Å². The number of hydrogen-bond acceptors (Lipinski definition) is 17. The molecule has 8 N–H and O–H groups in total. The highest BCUT2D eigenvalue weighted by Gasteiger charge is 2.56. The molecule has 2 aliphatic heterocycles. The molecule has 46 heavy (non-hydrogen) atoms. The molecule has 3 aromatic rings. The number of rotatable bonds is 11. The molecule has 252 valence electrons. The van der Waals surface area contributed by atoms with E-state index in [4.69, 9.17) is 51.2 Å². The van der Waals surface area contributed by atoms with E-state index < -0.39 is 72.8 Å². The number of aromatic nitrogens is 4. The van der Waals surface area contributed by atoms with Gasteiger partial charge in [0.05, 0.1) is 25.7 Å². The highest BCUT2D eigenvalue weighted by atomic mass is 32.1. The Hall–Kier alpha value is -2.50. The minimum atomic E-state index is -5.80. The summed E-state index contributed by atoms with van der Waals surface area (Å²) in [6.45, 7) is 0.711. The van der Waals surface area contributed by atoms with Gasteiger partial charge in [-0.05, 0) is 17.9 Å². The number of aromatic amines is 1. The number of ether oxygens (including phenoxy) is 4. The summed E-state index contributed by atoms with van der Waals surface area (Å²) in [5.41, 5.74) is 6.91. The van der Waals surface area contributed by atoms with Gasteiger partial charge >= 0.3 is 29.4 Å². The van der Waals surface area contributed by atoms with E-state index in [-0.39, 0.29) is 32.3 Å². The number of imidazole rings is 1. The molecule has 0 radical (unpaired) electrons. The molecule has 27 heteroatoms. The van der Waals surface area contributed by atoms with Crippen LogP contribution in [0.4, 0.5) is 11.6 Å². The lowest BCUT2D eigenvalue weighted by Crippen LogP contribution is -2.34. The van der Waals surface area contributed by atoms with Gasteiger partial charge < -0.3 is 54.6 Å². The van der Waals surface area contributed by atoms with Gasteiger partial charge in [0.15, 0.2) is 16.8 Å². The number of esters is 1. The summed E-state index contributed by atoms with van der Waals surface area (Å²) in [5.74, 6) is -1.63. The average Bonchev–Trinajstić information content (AvgIpc) is 3.69. The standard InChI is InChI=1S/C19H23N6O16P3S2/c1-6-4-46-12(17(27)35-2)8(6)22-14(26)18-38-10-7(3-36-43(31,32)41-44(33,34)40-42(28,29)30)37-16(11(10)39-18)25-5-21-9-13(25)23-19(20)24-15(9)45/h4-5,7,10-11,16,18H,3H2,1-2H3,(H,22,26)(H,31,32)(H,33,34)(H2,28,29,30)(H3,20,23,24,45).